The van der Waals surface area contributed by atoms with Crippen LogP contribution in [0.3, 0.4) is 0 Å². The molecule has 0 unspecified atom stereocenters. The molecule has 2 N–H and O–H groups in total. The summed E-state index contributed by atoms with van der Waals surface area (Å²) < 4.78 is 10.5. The number of hydrogen-bond donors (Lipinski definition) is 1. The Morgan fingerprint density at radius 3 is 1.80 bits per heavy atom. The number of nitrogens with two attached hydrogens (primary N) is 1. The normalized spacial score (nSPS) is 10.0. The Morgan fingerprint density at radius 2 is 1.32 bits per heavy atom. The van der Waals surface area contributed by atoms with Crippen molar-refractivity contribution < 1.29 is 8.83 Å². The van der Waals surface area contributed by atoms with Crippen molar-refractivity contribution in [1.29, 1.82) is 10.5 Å². The molecule has 0 bridgehead atoms. The van der Waals surface area contributed by atoms with Crippen molar-refractivity contribution in [2.75, 3.05) is 5.73 Å². The predicted molar refractivity (Wildman–Crippen MR) is 159 cm³/mol. The zero-order valence-corrected chi connectivity index (χ0v) is 21.6. The first-order valence-corrected chi connectivity index (χ1v) is 12.2. The van der Waals surface area contributed by atoms with Crippen LogP contribution in [0.4, 0.5) is 5.88 Å². The number of nitrogens with zero attached hydrogens (tertiary/aromatic N) is 6. The summed E-state index contributed by atoms with van der Waals surface area (Å²) in [6.07, 6.45) is 5.57. The Bertz CT molecular complexity index is 1900. The topological polar surface area (TPSA) is 151 Å². The minimum atomic E-state index is 0. The van der Waals surface area contributed by atoms with Crippen molar-refractivity contribution in [3.05, 3.63) is 112 Å². The predicted octanol–water partition coefficient (Wildman–Crippen LogP) is 7.53. The van der Waals surface area contributed by atoms with Crippen LogP contribution in [0.15, 0.2) is 76.0 Å². The lowest BCUT2D eigenvalue weighted by atomic mass is 10.1. The Labute approximate surface area is 246 Å². The Hall–Kier alpha value is -4.96. The van der Waals surface area contributed by atoms with Gasteiger partial charge in [-0.1, -0.05) is 50.2 Å². The maximum Gasteiger partial charge on any atom is 0.229 e. The quantitative estimate of drug-likeness (QED) is 0.221. The third kappa shape index (κ3) is 7.37. The monoisotopic (exact) mass is 585 g/mol. The van der Waals surface area contributed by atoms with E-state index in [9.17, 15) is 0 Å². The van der Waals surface area contributed by atoms with Crippen LogP contribution in [0.5, 0.6) is 0 Å². The van der Waals surface area contributed by atoms with Crippen molar-refractivity contribution >= 4 is 50.9 Å². The van der Waals surface area contributed by atoms with Crippen LogP contribution in [0.2, 0.25) is 10.0 Å². The van der Waals surface area contributed by atoms with E-state index in [4.69, 9.17) is 48.3 Å². The molecule has 0 aliphatic heterocycles. The summed E-state index contributed by atoms with van der Waals surface area (Å²) in [5, 5.41) is 20.6. The first kappa shape index (κ1) is 30.6. The van der Waals surface area contributed by atoms with E-state index in [2.05, 4.69) is 19.9 Å². The fourth-order valence-electron chi connectivity index (χ4n) is 3.85. The van der Waals surface area contributed by atoms with E-state index in [0.717, 1.165) is 32.9 Å². The molecule has 0 saturated heterocycles. The zero-order valence-electron chi connectivity index (χ0n) is 20.1. The number of hydrogen-bond acceptors (Lipinski definition) is 9. The van der Waals surface area contributed by atoms with Gasteiger partial charge in [0.05, 0.1) is 21.1 Å². The number of fused-ring (bicyclic) bond motifs is 2. The lowest BCUT2D eigenvalue weighted by Crippen LogP contribution is -1.89. The number of benzene rings is 2. The number of halogens is 2. The average Bonchev–Trinajstić information content (AvgIpc) is 3.53. The van der Waals surface area contributed by atoms with Crippen LogP contribution >= 0.6 is 23.2 Å². The molecule has 2 aromatic carbocycles. The smallest absolute Gasteiger partial charge is 0.229 e. The molecule has 4 aromatic heterocycles. The molecule has 11 heteroatoms. The van der Waals surface area contributed by atoms with Crippen molar-refractivity contribution in [2.45, 2.75) is 27.7 Å². The fraction of sp³-hybridized carbons (Fsp3) is 0.133. The highest BCUT2D eigenvalue weighted by molar-refractivity contribution is 6.31. The summed E-state index contributed by atoms with van der Waals surface area (Å²) in [5.74, 6) is 0.979. The second-order valence-electron chi connectivity index (χ2n) is 8.39. The van der Waals surface area contributed by atoms with Gasteiger partial charge in [0, 0.05) is 36.0 Å². The number of rotatable bonds is 4. The van der Waals surface area contributed by atoms with Crippen molar-refractivity contribution in [3.8, 4) is 12.1 Å². The number of pyridine rings is 2. The second-order valence-corrected chi connectivity index (χ2v) is 9.26. The van der Waals surface area contributed by atoms with Gasteiger partial charge in [0.1, 0.15) is 18.4 Å². The average molecular weight is 586 g/mol. The van der Waals surface area contributed by atoms with Crippen molar-refractivity contribution in [3.63, 3.8) is 0 Å². The zero-order chi connectivity index (χ0) is 27.4. The number of oxazole rings is 2. The van der Waals surface area contributed by atoms with Crippen LogP contribution in [-0.2, 0) is 12.8 Å². The molecule has 0 radical (unpaired) electrons. The first-order valence-electron chi connectivity index (χ1n) is 11.5. The highest BCUT2D eigenvalue weighted by atomic mass is 35.5. The number of nitriles is 2. The third-order valence-electron chi connectivity index (χ3n) is 5.61. The lowest BCUT2D eigenvalue weighted by Gasteiger charge is -2.01. The van der Waals surface area contributed by atoms with Crippen LogP contribution in [0.1, 0.15) is 49.1 Å². The molecule has 41 heavy (non-hydrogen) atoms. The van der Waals surface area contributed by atoms with E-state index in [1.807, 2.05) is 60.7 Å². The van der Waals surface area contributed by atoms with E-state index in [-0.39, 0.29) is 26.4 Å². The second kappa shape index (κ2) is 13.4. The molecule has 4 heterocycles. The molecule has 6 rings (SSSR count). The highest BCUT2D eigenvalue weighted by Gasteiger charge is 2.11. The number of aromatic nitrogens is 4. The summed E-state index contributed by atoms with van der Waals surface area (Å²) in [6.45, 7) is 0. The summed E-state index contributed by atoms with van der Waals surface area (Å²) in [4.78, 5) is 16.5. The molecule has 0 fully saturated rings. The molecule has 0 amide bonds. The standard InChI is InChI=1S/C14H9ClN4O.C14H8ClN3O.2CH4/c15-10-5-9-3-8(1-2-11(9)18-7-10)4-13-19-12(6-16)14(17)20-13;15-11-5-10-3-9(1-2-13(10)17-7-11)4-14-18-12(6-16)8-19-14;;/h1-3,5,7H,4,17H2;1-3,5,7-8H,4H2;2*1H4. The molecule has 6 aromatic rings. The van der Waals surface area contributed by atoms with E-state index in [0.29, 0.717) is 40.4 Å². The summed E-state index contributed by atoms with van der Waals surface area (Å²) in [5.41, 5.74) is 9.71. The van der Waals surface area contributed by atoms with Gasteiger partial charge in [-0.2, -0.15) is 10.5 Å². The van der Waals surface area contributed by atoms with E-state index >= 15 is 0 Å². The molecule has 0 aliphatic rings. The third-order valence-corrected chi connectivity index (χ3v) is 6.02. The van der Waals surface area contributed by atoms with Gasteiger partial charge in [-0.25, -0.2) is 9.97 Å². The van der Waals surface area contributed by atoms with Gasteiger partial charge >= 0.3 is 0 Å². The number of nitrogen functional groups attached to an aromatic ring is 1. The van der Waals surface area contributed by atoms with Gasteiger partial charge in [-0.15, -0.1) is 0 Å². The molecule has 206 valence electrons. The Morgan fingerprint density at radius 1 is 0.756 bits per heavy atom. The van der Waals surface area contributed by atoms with Gasteiger partial charge in [0.15, 0.2) is 11.6 Å². The first-order chi connectivity index (χ1) is 18.9. The van der Waals surface area contributed by atoms with Crippen LogP contribution in [0, 0.1) is 22.7 Å². The largest absolute Gasteiger partial charge is 0.447 e. The van der Waals surface area contributed by atoms with Gasteiger partial charge in [0.2, 0.25) is 17.5 Å². The molecular weight excluding hydrogens is 561 g/mol. The lowest BCUT2D eigenvalue weighted by molar-refractivity contribution is 0.507. The minimum Gasteiger partial charge on any atom is -0.447 e. The van der Waals surface area contributed by atoms with Crippen molar-refractivity contribution in [2.24, 2.45) is 0 Å². The fourth-order valence-corrected chi connectivity index (χ4v) is 4.19. The molecule has 0 spiro atoms. The number of anilines is 1. The van der Waals surface area contributed by atoms with E-state index in [1.54, 1.807) is 12.4 Å². The van der Waals surface area contributed by atoms with Crippen LogP contribution < -0.4 is 5.73 Å². The summed E-state index contributed by atoms with van der Waals surface area (Å²) >= 11 is 11.9. The van der Waals surface area contributed by atoms with E-state index in [1.165, 1.54) is 6.26 Å². The van der Waals surface area contributed by atoms with Crippen molar-refractivity contribution in [1.82, 2.24) is 19.9 Å². The van der Waals surface area contributed by atoms with Crippen LogP contribution in [0.25, 0.3) is 21.8 Å². The van der Waals surface area contributed by atoms with Gasteiger partial charge in [-0.05, 0) is 47.5 Å². The SMILES string of the molecule is C.C.N#Cc1coc(Cc2ccc3ncc(Cl)cc3c2)n1.N#Cc1nc(Cc2ccc3ncc(Cl)cc3c2)oc1N. The molecule has 0 atom stereocenters. The Balaban J connectivity index is 0.000000215. The van der Waals surface area contributed by atoms with Gasteiger partial charge in [-0.3, -0.25) is 9.97 Å². The summed E-state index contributed by atoms with van der Waals surface area (Å²) in [7, 11) is 0. The highest BCUT2D eigenvalue weighted by Crippen LogP contribution is 2.22. The maximum atomic E-state index is 8.79. The molecular formula is C30H25Cl2N7O2. The molecule has 9 nitrogen and oxygen atoms in total. The van der Waals surface area contributed by atoms with Gasteiger partial charge in [0.25, 0.3) is 0 Å². The van der Waals surface area contributed by atoms with E-state index < -0.39 is 0 Å². The maximum absolute atomic E-state index is 8.79. The minimum absolute atomic E-state index is 0. The molecule has 0 saturated carbocycles. The summed E-state index contributed by atoms with van der Waals surface area (Å²) in [6, 6.07) is 19.2. The molecule has 0 aliphatic carbocycles. The Kier molecular flexibility index (Phi) is 10.00. The van der Waals surface area contributed by atoms with Gasteiger partial charge < -0.3 is 14.6 Å². The van der Waals surface area contributed by atoms with Crippen LogP contribution in [-0.4, -0.2) is 19.9 Å².